The Bertz CT molecular complexity index is 241. The van der Waals surface area contributed by atoms with Gasteiger partial charge in [-0.15, -0.1) is 0 Å². The van der Waals surface area contributed by atoms with Crippen LogP contribution in [-0.4, -0.2) is 19.6 Å². The number of ketones is 2. The van der Waals surface area contributed by atoms with Crippen molar-refractivity contribution in [2.75, 3.05) is 0 Å². The average molecular weight is 256 g/mol. The van der Waals surface area contributed by atoms with Gasteiger partial charge in [-0.3, -0.25) is 4.79 Å². The Kier molecular flexibility index (Phi) is 8.39. The number of unbranched alkanes of at least 4 members (excludes halogenated alkanes) is 3. The first-order valence-corrected chi connectivity index (χ1v) is 10.5. The van der Waals surface area contributed by atoms with E-state index in [9.17, 15) is 9.59 Å². The van der Waals surface area contributed by atoms with Crippen molar-refractivity contribution in [1.29, 1.82) is 0 Å². The van der Waals surface area contributed by atoms with Gasteiger partial charge in [0.05, 0.1) is 0 Å². The van der Waals surface area contributed by atoms with E-state index in [1.165, 1.54) is 0 Å². The zero-order valence-electron chi connectivity index (χ0n) is 12.0. The van der Waals surface area contributed by atoms with Crippen molar-refractivity contribution in [1.82, 2.24) is 0 Å². The molecule has 0 aliphatic carbocycles. The Morgan fingerprint density at radius 3 is 1.82 bits per heavy atom. The fourth-order valence-electron chi connectivity index (χ4n) is 1.69. The molecule has 0 spiro atoms. The van der Waals surface area contributed by atoms with Gasteiger partial charge in [0.25, 0.3) is 0 Å². The molecule has 0 heterocycles. The monoisotopic (exact) mass is 256 g/mol. The van der Waals surface area contributed by atoms with Crippen molar-refractivity contribution >= 4 is 19.6 Å². The van der Waals surface area contributed by atoms with Gasteiger partial charge < -0.3 is 4.79 Å². The zero-order valence-corrected chi connectivity index (χ0v) is 13.0. The predicted molar refractivity (Wildman–Crippen MR) is 76.2 cm³/mol. The van der Waals surface area contributed by atoms with Crippen LogP contribution in [0.15, 0.2) is 0 Å². The van der Waals surface area contributed by atoms with E-state index in [0.29, 0.717) is 12.2 Å². The molecular weight excluding hydrogens is 228 g/mol. The van der Waals surface area contributed by atoms with Gasteiger partial charge in [-0.1, -0.05) is 38.5 Å². The molecule has 0 fully saturated rings. The number of hydrogen-bond acceptors (Lipinski definition) is 2. The number of Topliss-reactive ketones (excluding diaryl/α,β-unsaturated/α-hetero) is 2. The van der Waals surface area contributed by atoms with Gasteiger partial charge in [0.2, 0.25) is 0 Å². The first-order valence-electron chi connectivity index (χ1n) is 6.82. The summed E-state index contributed by atoms with van der Waals surface area (Å²) in [6, 6.07) is 1.12. The maximum Gasteiger partial charge on any atom is 0.132 e. The largest absolute Gasteiger partial charge is 0.300 e. The second kappa shape index (κ2) is 8.62. The first kappa shape index (κ1) is 16.6. The summed E-state index contributed by atoms with van der Waals surface area (Å²) in [6.07, 6.45) is 6.38. The van der Waals surface area contributed by atoms with Crippen LogP contribution in [0.3, 0.4) is 0 Å². The summed E-state index contributed by atoms with van der Waals surface area (Å²) in [5, 5.41) is 0. The molecule has 0 aliphatic heterocycles. The van der Waals surface area contributed by atoms with Crippen LogP contribution in [0.25, 0.3) is 0 Å². The lowest BCUT2D eigenvalue weighted by molar-refractivity contribution is -0.119. The van der Waals surface area contributed by atoms with E-state index in [-0.39, 0.29) is 5.78 Å². The van der Waals surface area contributed by atoms with Crippen molar-refractivity contribution < 1.29 is 9.59 Å². The Hall–Kier alpha value is -0.443. The Morgan fingerprint density at radius 1 is 0.824 bits per heavy atom. The molecule has 0 radical (unpaired) electrons. The highest BCUT2D eigenvalue weighted by atomic mass is 28.3. The second-order valence-corrected chi connectivity index (χ2v) is 11.8. The van der Waals surface area contributed by atoms with E-state index in [1.54, 1.807) is 6.92 Å². The molecule has 0 unspecified atom stereocenters. The highest BCUT2D eigenvalue weighted by molar-refractivity contribution is 6.76. The molecule has 3 heteroatoms. The minimum atomic E-state index is -1.05. The van der Waals surface area contributed by atoms with Gasteiger partial charge in [0.15, 0.2) is 0 Å². The van der Waals surface area contributed by atoms with Gasteiger partial charge in [-0.25, -0.2) is 0 Å². The molecule has 0 saturated carbocycles. The van der Waals surface area contributed by atoms with Crippen molar-refractivity contribution in [2.24, 2.45) is 0 Å². The molecular formula is C14H28O2Si. The molecule has 0 atom stereocenters. The standard InChI is InChI=1S/C14H28O2Si/c1-13(15)9-7-5-6-8-10-14(16)11-12-17(2,3)4/h5-12H2,1-4H3. The van der Waals surface area contributed by atoms with Crippen molar-refractivity contribution in [3.05, 3.63) is 0 Å². The number of carbonyl (C=O) groups is 2. The molecule has 2 nitrogen and oxygen atoms in total. The highest BCUT2D eigenvalue weighted by Crippen LogP contribution is 2.14. The molecule has 0 aromatic carbocycles. The SMILES string of the molecule is CC(=O)CCCCCCC(=O)CC[Si](C)(C)C. The van der Waals surface area contributed by atoms with Gasteiger partial charge in [0, 0.05) is 27.3 Å². The molecule has 100 valence electrons. The highest BCUT2D eigenvalue weighted by Gasteiger charge is 2.14. The maximum absolute atomic E-state index is 11.6. The normalized spacial score (nSPS) is 11.5. The second-order valence-electron chi connectivity index (χ2n) is 6.22. The van der Waals surface area contributed by atoms with E-state index >= 15 is 0 Å². The number of carbonyl (C=O) groups excluding carboxylic acids is 2. The first-order chi connectivity index (χ1) is 7.81. The van der Waals surface area contributed by atoms with Crippen molar-refractivity contribution in [3.63, 3.8) is 0 Å². The van der Waals surface area contributed by atoms with E-state index in [2.05, 4.69) is 19.6 Å². The third-order valence-corrected chi connectivity index (χ3v) is 4.64. The molecule has 0 aromatic heterocycles. The summed E-state index contributed by atoms with van der Waals surface area (Å²) in [6.45, 7) is 8.56. The van der Waals surface area contributed by atoms with E-state index in [1.807, 2.05) is 0 Å². The lowest BCUT2D eigenvalue weighted by atomic mass is 10.1. The zero-order chi connectivity index (χ0) is 13.3. The number of hydrogen-bond donors (Lipinski definition) is 0. The quantitative estimate of drug-likeness (QED) is 0.433. The summed E-state index contributed by atoms with van der Waals surface area (Å²) in [7, 11) is -1.05. The van der Waals surface area contributed by atoms with Gasteiger partial charge in [0.1, 0.15) is 11.6 Å². The lowest BCUT2D eigenvalue weighted by Crippen LogP contribution is -2.20. The van der Waals surface area contributed by atoms with Crippen LogP contribution in [0.4, 0.5) is 0 Å². The van der Waals surface area contributed by atoms with Gasteiger partial charge in [-0.2, -0.15) is 0 Å². The van der Waals surface area contributed by atoms with Crippen LogP contribution in [0.5, 0.6) is 0 Å². The molecule has 0 rings (SSSR count). The van der Waals surface area contributed by atoms with Crippen LogP contribution in [0.2, 0.25) is 25.7 Å². The Labute approximate surface area is 107 Å². The van der Waals surface area contributed by atoms with E-state index < -0.39 is 8.07 Å². The maximum atomic E-state index is 11.6. The Morgan fingerprint density at radius 2 is 1.35 bits per heavy atom. The van der Waals surface area contributed by atoms with Crippen molar-refractivity contribution in [3.8, 4) is 0 Å². The van der Waals surface area contributed by atoms with Gasteiger partial charge >= 0.3 is 0 Å². The van der Waals surface area contributed by atoms with Crippen LogP contribution in [0, 0.1) is 0 Å². The third-order valence-electron chi connectivity index (χ3n) is 2.89. The minimum Gasteiger partial charge on any atom is -0.300 e. The van der Waals surface area contributed by atoms with E-state index in [0.717, 1.165) is 44.6 Å². The van der Waals surface area contributed by atoms with Crippen LogP contribution >= 0.6 is 0 Å². The van der Waals surface area contributed by atoms with Crippen LogP contribution in [0.1, 0.15) is 51.9 Å². The summed E-state index contributed by atoms with van der Waals surface area (Å²) < 4.78 is 0. The smallest absolute Gasteiger partial charge is 0.132 e. The topological polar surface area (TPSA) is 34.1 Å². The molecule has 17 heavy (non-hydrogen) atoms. The third kappa shape index (κ3) is 13.5. The Balaban J connectivity index is 3.37. The number of rotatable bonds is 10. The lowest BCUT2D eigenvalue weighted by Gasteiger charge is -2.14. The van der Waals surface area contributed by atoms with Crippen LogP contribution in [-0.2, 0) is 9.59 Å². The molecule has 0 aliphatic rings. The van der Waals surface area contributed by atoms with Crippen molar-refractivity contribution in [2.45, 2.75) is 77.6 Å². The molecule has 0 N–H and O–H groups in total. The predicted octanol–water partition coefficient (Wildman–Crippen LogP) is 4.21. The summed E-state index contributed by atoms with van der Waals surface area (Å²) in [5.74, 6) is 0.704. The minimum absolute atomic E-state index is 0.274. The molecule has 0 amide bonds. The molecule has 0 saturated heterocycles. The van der Waals surface area contributed by atoms with Crippen LogP contribution < -0.4 is 0 Å². The summed E-state index contributed by atoms with van der Waals surface area (Å²) in [4.78, 5) is 22.3. The molecule has 0 aromatic rings. The summed E-state index contributed by atoms with van der Waals surface area (Å²) in [5.41, 5.74) is 0. The summed E-state index contributed by atoms with van der Waals surface area (Å²) >= 11 is 0. The van der Waals surface area contributed by atoms with Gasteiger partial charge in [-0.05, 0) is 19.8 Å². The fourth-order valence-corrected chi connectivity index (χ4v) is 2.72. The molecule has 0 bridgehead atoms. The fraction of sp³-hybridized carbons (Fsp3) is 0.857. The average Bonchev–Trinajstić information content (AvgIpc) is 2.19. The van der Waals surface area contributed by atoms with E-state index in [4.69, 9.17) is 0 Å².